The molecule has 36 heavy (non-hydrogen) atoms. The third-order valence-electron chi connectivity index (χ3n) is 7.06. The number of hydrogen-bond donors (Lipinski definition) is 1. The van der Waals surface area contributed by atoms with E-state index in [-0.39, 0.29) is 36.7 Å². The van der Waals surface area contributed by atoms with Crippen LogP contribution in [0.25, 0.3) is 0 Å². The number of pyridine rings is 1. The van der Waals surface area contributed by atoms with Crippen molar-refractivity contribution in [3.63, 3.8) is 0 Å². The highest BCUT2D eigenvalue weighted by Gasteiger charge is 2.39. The number of benzene rings is 1. The van der Waals surface area contributed by atoms with Crippen molar-refractivity contribution in [2.45, 2.75) is 50.7 Å². The zero-order valence-electron chi connectivity index (χ0n) is 20.1. The average molecular weight is 493 g/mol. The van der Waals surface area contributed by atoms with Crippen molar-refractivity contribution in [1.29, 1.82) is 0 Å². The predicted octanol–water partition coefficient (Wildman–Crippen LogP) is 1.92. The van der Waals surface area contributed by atoms with Crippen molar-refractivity contribution in [3.8, 4) is 11.5 Å². The first-order valence-electron chi connectivity index (χ1n) is 12.2. The van der Waals surface area contributed by atoms with Crippen molar-refractivity contribution in [1.82, 2.24) is 20.1 Å². The van der Waals surface area contributed by atoms with Gasteiger partial charge in [-0.2, -0.15) is 0 Å². The fourth-order valence-electron chi connectivity index (χ4n) is 5.15. The summed E-state index contributed by atoms with van der Waals surface area (Å²) in [6.45, 7) is 1.23. The number of rotatable bonds is 6. The van der Waals surface area contributed by atoms with E-state index in [1.807, 2.05) is 11.0 Å². The summed E-state index contributed by atoms with van der Waals surface area (Å²) in [5.74, 6) is -0.00890. The van der Waals surface area contributed by atoms with Crippen LogP contribution in [-0.2, 0) is 16.1 Å². The Labute approximate surface area is 208 Å². The van der Waals surface area contributed by atoms with Crippen molar-refractivity contribution in [3.05, 3.63) is 53.3 Å². The van der Waals surface area contributed by atoms with Crippen LogP contribution in [0, 0.1) is 0 Å². The minimum absolute atomic E-state index is 0.106. The molecule has 2 aromatic rings. The number of piperidine rings is 2. The van der Waals surface area contributed by atoms with Gasteiger partial charge in [-0.05, 0) is 55.5 Å². The van der Waals surface area contributed by atoms with Crippen LogP contribution >= 0.6 is 0 Å². The molecule has 2 saturated heterocycles. The molecule has 1 N–H and O–H groups in total. The Bertz CT molecular complexity index is 1210. The summed E-state index contributed by atoms with van der Waals surface area (Å²) in [5, 5.41) is 2.31. The molecule has 4 amide bonds. The summed E-state index contributed by atoms with van der Waals surface area (Å²) >= 11 is 0. The van der Waals surface area contributed by atoms with Gasteiger partial charge in [-0.1, -0.05) is 0 Å². The topological polar surface area (TPSA) is 118 Å². The first kappa shape index (κ1) is 23.8. The number of fused-ring (bicyclic) bond motifs is 1. The molecular formula is C26H28N4O6. The van der Waals surface area contributed by atoms with E-state index in [1.54, 1.807) is 24.4 Å². The molecule has 3 aliphatic rings. The van der Waals surface area contributed by atoms with Crippen molar-refractivity contribution in [2.75, 3.05) is 20.3 Å². The van der Waals surface area contributed by atoms with Crippen LogP contribution in [0.2, 0.25) is 0 Å². The van der Waals surface area contributed by atoms with Gasteiger partial charge in [-0.25, -0.2) is 0 Å². The summed E-state index contributed by atoms with van der Waals surface area (Å²) in [5.41, 5.74) is 1.74. The Morgan fingerprint density at radius 1 is 1.17 bits per heavy atom. The molecule has 5 rings (SSSR count). The van der Waals surface area contributed by atoms with Gasteiger partial charge in [0.15, 0.2) is 0 Å². The lowest BCUT2D eigenvalue weighted by atomic mass is 10.0. The second-order valence-corrected chi connectivity index (χ2v) is 9.25. The highest BCUT2D eigenvalue weighted by Crippen LogP contribution is 2.31. The van der Waals surface area contributed by atoms with E-state index in [0.29, 0.717) is 42.2 Å². The summed E-state index contributed by atoms with van der Waals surface area (Å²) in [6.07, 6.45) is 6.39. The standard InChI is InChI=1S/C26H28N4O6/c1-35-22-9-10-27-13-20(22)26(34)29-11-3-2-4-17(29)15-36-18-5-6-19-16(12-18)14-30(25(19)33)21-7-8-23(31)28-24(21)32/h5-6,9-10,12-13,17,21H,2-4,7-8,11,14-15H2,1H3,(H,28,31,32)/t17-,21?/m1/s1. The molecule has 1 aromatic carbocycles. The zero-order chi connectivity index (χ0) is 25.2. The monoisotopic (exact) mass is 492 g/mol. The maximum absolute atomic E-state index is 13.3. The molecule has 2 fully saturated rings. The smallest absolute Gasteiger partial charge is 0.259 e. The number of nitrogens with one attached hydrogen (secondary N) is 1. The minimum Gasteiger partial charge on any atom is -0.496 e. The molecule has 4 heterocycles. The second kappa shape index (κ2) is 9.96. The predicted molar refractivity (Wildman–Crippen MR) is 127 cm³/mol. The second-order valence-electron chi connectivity index (χ2n) is 9.25. The van der Waals surface area contributed by atoms with E-state index < -0.39 is 11.9 Å². The molecule has 10 nitrogen and oxygen atoms in total. The van der Waals surface area contributed by atoms with Gasteiger partial charge in [0.1, 0.15) is 24.1 Å². The fourth-order valence-corrected chi connectivity index (χ4v) is 5.15. The molecule has 0 aliphatic carbocycles. The van der Waals surface area contributed by atoms with Crippen LogP contribution in [0.5, 0.6) is 11.5 Å². The van der Waals surface area contributed by atoms with E-state index in [9.17, 15) is 19.2 Å². The van der Waals surface area contributed by atoms with Crippen molar-refractivity contribution < 1.29 is 28.7 Å². The quantitative estimate of drug-likeness (QED) is 0.612. The SMILES string of the molecule is COc1ccncc1C(=O)N1CCCC[C@@H]1COc1ccc2c(c1)CN(C1CCC(=O)NC1=O)C2=O. The summed E-state index contributed by atoms with van der Waals surface area (Å²) in [4.78, 5) is 57.3. The van der Waals surface area contributed by atoms with Crippen LogP contribution in [0.4, 0.5) is 0 Å². The molecule has 1 aromatic heterocycles. The van der Waals surface area contributed by atoms with E-state index in [4.69, 9.17) is 9.47 Å². The lowest BCUT2D eigenvalue weighted by Gasteiger charge is -2.35. The van der Waals surface area contributed by atoms with Gasteiger partial charge in [0.05, 0.1) is 18.7 Å². The van der Waals surface area contributed by atoms with Crippen LogP contribution in [0.15, 0.2) is 36.7 Å². The van der Waals surface area contributed by atoms with E-state index in [1.165, 1.54) is 18.2 Å². The Morgan fingerprint density at radius 3 is 2.83 bits per heavy atom. The zero-order valence-corrected chi connectivity index (χ0v) is 20.1. The molecule has 3 aliphatic heterocycles. The van der Waals surface area contributed by atoms with E-state index >= 15 is 0 Å². The van der Waals surface area contributed by atoms with Crippen LogP contribution in [0.1, 0.15) is 58.4 Å². The molecule has 1 unspecified atom stereocenters. The molecule has 0 bridgehead atoms. The number of imide groups is 1. The average Bonchev–Trinajstić information content (AvgIpc) is 3.22. The number of aromatic nitrogens is 1. The number of nitrogens with zero attached hydrogens (tertiary/aromatic N) is 3. The lowest BCUT2D eigenvalue weighted by Crippen LogP contribution is -2.52. The number of methoxy groups -OCH3 is 1. The summed E-state index contributed by atoms with van der Waals surface area (Å²) < 4.78 is 11.4. The van der Waals surface area contributed by atoms with Gasteiger partial charge in [-0.3, -0.25) is 29.5 Å². The van der Waals surface area contributed by atoms with Crippen LogP contribution in [-0.4, -0.2) is 70.8 Å². The van der Waals surface area contributed by atoms with Gasteiger partial charge in [-0.15, -0.1) is 0 Å². The third kappa shape index (κ3) is 4.50. The maximum Gasteiger partial charge on any atom is 0.259 e. The number of ether oxygens (including phenoxy) is 2. The van der Waals surface area contributed by atoms with Gasteiger partial charge in [0.2, 0.25) is 11.8 Å². The number of amides is 4. The summed E-state index contributed by atoms with van der Waals surface area (Å²) in [7, 11) is 1.53. The highest BCUT2D eigenvalue weighted by molar-refractivity contribution is 6.05. The largest absolute Gasteiger partial charge is 0.496 e. The molecular weight excluding hydrogens is 464 g/mol. The van der Waals surface area contributed by atoms with Crippen LogP contribution in [0.3, 0.4) is 0 Å². The number of hydrogen-bond acceptors (Lipinski definition) is 7. The normalized spacial score (nSPS) is 21.8. The molecule has 0 radical (unpaired) electrons. The molecule has 2 atom stereocenters. The Balaban J connectivity index is 1.26. The molecule has 0 spiro atoms. The van der Waals surface area contributed by atoms with Gasteiger partial charge in [0, 0.05) is 37.5 Å². The minimum atomic E-state index is -0.654. The third-order valence-corrected chi connectivity index (χ3v) is 7.06. The van der Waals surface area contributed by atoms with Gasteiger partial charge < -0.3 is 19.3 Å². The Kier molecular flexibility index (Phi) is 6.58. The van der Waals surface area contributed by atoms with Crippen molar-refractivity contribution in [2.24, 2.45) is 0 Å². The maximum atomic E-state index is 13.3. The number of carbonyl (C=O) groups excluding carboxylic acids is 4. The molecule has 0 saturated carbocycles. The number of carbonyl (C=O) groups is 4. The number of likely N-dealkylation sites (tertiary alicyclic amines) is 1. The van der Waals surface area contributed by atoms with Gasteiger partial charge >= 0.3 is 0 Å². The van der Waals surface area contributed by atoms with Crippen molar-refractivity contribution >= 4 is 23.6 Å². The van der Waals surface area contributed by atoms with E-state index in [2.05, 4.69) is 10.3 Å². The molecule has 10 heteroatoms. The first-order chi connectivity index (χ1) is 17.5. The Morgan fingerprint density at radius 2 is 2.03 bits per heavy atom. The van der Waals surface area contributed by atoms with E-state index in [0.717, 1.165) is 24.8 Å². The lowest BCUT2D eigenvalue weighted by molar-refractivity contribution is -0.136. The Hall–Kier alpha value is -3.95. The summed E-state index contributed by atoms with van der Waals surface area (Å²) in [6, 6.07) is 6.18. The molecule has 188 valence electrons. The fraction of sp³-hybridized carbons (Fsp3) is 0.423. The first-order valence-corrected chi connectivity index (χ1v) is 12.2. The van der Waals surface area contributed by atoms with Gasteiger partial charge in [0.25, 0.3) is 11.8 Å². The van der Waals surface area contributed by atoms with Crippen LogP contribution < -0.4 is 14.8 Å². The highest BCUT2D eigenvalue weighted by atomic mass is 16.5.